The smallest absolute Gasteiger partial charge is 0.333 e. The Balaban J connectivity index is 1.78. The summed E-state index contributed by atoms with van der Waals surface area (Å²) in [5, 5.41) is 11.4. The molecule has 0 saturated carbocycles. The van der Waals surface area contributed by atoms with E-state index in [9.17, 15) is 19.7 Å². The standard InChI is InChI=1S/C26H23N3O5S/c1-18-8-12-20(13-9-18)23(30)27-25-28(21-6-4-3-5-7-21)26(17-35-25,24(31)34-2)16-19-10-14-22(15-11-19)29(32)33/h3-15H,16-17H2,1-2H3. The Hall–Kier alpha value is -3.98. The second kappa shape index (κ2) is 10.1. The van der Waals surface area contributed by atoms with Gasteiger partial charge in [-0.2, -0.15) is 4.99 Å². The van der Waals surface area contributed by atoms with Gasteiger partial charge in [-0.3, -0.25) is 14.9 Å². The summed E-state index contributed by atoms with van der Waals surface area (Å²) in [5.41, 5.74) is 1.63. The third-order valence-electron chi connectivity index (χ3n) is 5.78. The van der Waals surface area contributed by atoms with E-state index in [2.05, 4.69) is 4.99 Å². The lowest BCUT2D eigenvalue weighted by Crippen LogP contribution is -2.56. The van der Waals surface area contributed by atoms with Gasteiger partial charge in [0.25, 0.3) is 11.6 Å². The van der Waals surface area contributed by atoms with Gasteiger partial charge >= 0.3 is 5.97 Å². The van der Waals surface area contributed by atoms with E-state index >= 15 is 0 Å². The number of hydrogen-bond acceptors (Lipinski definition) is 6. The van der Waals surface area contributed by atoms with E-state index in [1.165, 1.54) is 31.0 Å². The lowest BCUT2D eigenvalue weighted by Gasteiger charge is -2.36. The molecule has 178 valence electrons. The van der Waals surface area contributed by atoms with Crippen molar-refractivity contribution in [3.63, 3.8) is 0 Å². The fourth-order valence-corrected chi connectivity index (χ4v) is 5.25. The van der Waals surface area contributed by atoms with Gasteiger partial charge in [0.1, 0.15) is 0 Å². The van der Waals surface area contributed by atoms with Crippen LogP contribution in [0.3, 0.4) is 0 Å². The number of carbonyl (C=O) groups is 2. The molecule has 0 spiro atoms. The highest BCUT2D eigenvalue weighted by Crippen LogP contribution is 2.41. The monoisotopic (exact) mass is 489 g/mol. The van der Waals surface area contributed by atoms with Crippen LogP contribution in [0.1, 0.15) is 21.5 Å². The number of non-ortho nitro benzene ring substituents is 1. The van der Waals surface area contributed by atoms with Crippen molar-refractivity contribution in [3.8, 4) is 0 Å². The average Bonchev–Trinajstić information content (AvgIpc) is 3.23. The SMILES string of the molecule is COC(=O)C1(Cc2ccc([N+](=O)[O-])cc2)CSC(=NC(=O)c2ccc(C)cc2)N1c1ccccc1. The highest BCUT2D eigenvalue weighted by atomic mass is 32.2. The minimum absolute atomic E-state index is 0.0347. The number of nitro groups is 1. The molecule has 0 radical (unpaired) electrons. The van der Waals surface area contributed by atoms with E-state index in [0.717, 1.165) is 5.56 Å². The maximum atomic E-state index is 13.3. The van der Waals surface area contributed by atoms with Crippen molar-refractivity contribution in [1.29, 1.82) is 0 Å². The van der Waals surface area contributed by atoms with Crippen LogP contribution in [0.4, 0.5) is 11.4 Å². The molecule has 0 bridgehead atoms. The molecule has 4 rings (SSSR count). The Morgan fingerprint density at radius 3 is 2.31 bits per heavy atom. The van der Waals surface area contributed by atoms with Gasteiger partial charge in [0.2, 0.25) is 0 Å². The number of esters is 1. The van der Waals surface area contributed by atoms with Crippen LogP contribution in [0.25, 0.3) is 0 Å². The van der Waals surface area contributed by atoms with Gasteiger partial charge in [-0.1, -0.05) is 59.8 Å². The van der Waals surface area contributed by atoms with Crippen molar-refractivity contribution in [2.24, 2.45) is 4.99 Å². The minimum Gasteiger partial charge on any atom is -0.467 e. The van der Waals surface area contributed by atoms with Crippen molar-refractivity contribution in [1.82, 2.24) is 0 Å². The number of aliphatic imine (C=N–C) groups is 1. The van der Waals surface area contributed by atoms with Crippen molar-refractivity contribution in [2.45, 2.75) is 18.9 Å². The molecule has 1 aliphatic rings. The summed E-state index contributed by atoms with van der Waals surface area (Å²) in [5.74, 6) is -0.615. The number of aryl methyl sites for hydroxylation is 1. The molecule has 0 N–H and O–H groups in total. The number of amides is 1. The number of anilines is 1. The summed E-state index contributed by atoms with van der Waals surface area (Å²) in [4.78, 5) is 43.0. The summed E-state index contributed by atoms with van der Waals surface area (Å²) < 4.78 is 5.23. The summed E-state index contributed by atoms with van der Waals surface area (Å²) in [7, 11) is 1.32. The van der Waals surface area contributed by atoms with Gasteiger partial charge in [-0.05, 0) is 36.8 Å². The molecule has 1 aliphatic heterocycles. The largest absolute Gasteiger partial charge is 0.467 e. The molecule has 0 aromatic heterocycles. The van der Waals surface area contributed by atoms with Crippen LogP contribution in [0.2, 0.25) is 0 Å². The first-order chi connectivity index (χ1) is 16.8. The lowest BCUT2D eigenvalue weighted by atomic mass is 9.90. The molecule has 1 fully saturated rings. The zero-order valence-corrected chi connectivity index (χ0v) is 20.0. The van der Waals surface area contributed by atoms with Crippen LogP contribution < -0.4 is 4.90 Å². The molecule has 3 aromatic carbocycles. The summed E-state index contributed by atoms with van der Waals surface area (Å²) in [6, 6.07) is 22.4. The van der Waals surface area contributed by atoms with E-state index in [0.29, 0.717) is 22.0 Å². The molecule has 9 heteroatoms. The Bertz CT molecular complexity index is 1280. The Labute approximate surface area is 206 Å². The molecule has 1 unspecified atom stereocenters. The molecular weight excluding hydrogens is 466 g/mol. The van der Waals surface area contributed by atoms with Gasteiger partial charge in [-0.15, -0.1) is 0 Å². The second-order valence-corrected chi connectivity index (χ2v) is 9.09. The fraction of sp³-hybridized carbons (Fsp3) is 0.192. The third-order valence-corrected chi connectivity index (χ3v) is 6.93. The van der Waals surface area contributed by atoms with Crippen molar-refractivity contribution in [2.75, 3.05) is 17.8 Å². The number of amidine groups is 1. The van der Waals surface area contributed by atoms with Gasteiger partial charge < -0.3 is 9.64 Å². The van der Waals surface area contributed by atoms with E-state index < -0.39 is 22.3 Å². The highest BCUT2D eigenvalue weighted by molar-refractivity contribution is 8.14. The number of thioether (sulfide) groups is 1. The minimum atomic E-state index is -1.21. The van der Waals surface area contributed by atoms with Crippen LogP contribution in [0, 0.1) is 17.0 Å². The number of rotatable bonds is 6. The first kappa shape index (κ1) is 24.2. The number of ether oxygens (including phenoxy) is 1. The van der Waals surface area contributed by atoms with Gasteiger partial charge in [0.05, 0.1) is 12.0 Å². The van der Waals surface area contributed by atoms with Gasteiger partial charge in [0, 0.05) is 35.6 Å². The maximum Gasteiger partial charge on any atom is 0.333 e. The topological polar surface area (TPSA) is 102 Å². The number of carbonyl (C=O) groups excluding carboxylic acids is 2. The molecule has 8 nitrogen and oxygen atoms in total. The van der Waals surface area contributed by atoms with Crippen LogP contribution >= 0.6 is 11.8 Å². The first-order valence-corrected chi connectivity index (χ1v) is 11.8. The van der Waals surface area contributed by atoms with E-state index in [-0.39, 0.29) is 17.9 Å². The molecule has 1 atom stereocenters. The van der Waals surface area contributed by atoms with Gasteiger partial charge in [-0.25, -0.2) is 4.79 Å². The van der Waals surface area contributed by atoms with Crippen molar-refractivity contribution in [3.05, 3.63) is 106 Å². The maximum absolute atomic E-state index is 13.3. The Kier molecular flexibility index (Phi) is 6.97. The highest BCUT2D eigenvalue weighted by Gasteiger charge is 2.53. The molecule has 3 aromatic rings. The zero-order chi connectivity index (χ0) is 25.0. The number of hydrogen-bond donors (Lipinski definition) is 0. The van der Waals surface area contributed by atoms with Crippen LogP contribution in [0.15, 0.2) is 83.9 Å². The Morgan fingerprint density at radius 2 is 1.71 bits per heavy atom. The van der Waals surface area contributed by atoms with E-state index in [1.807, 2.05) is 49.4 Å². The second-order valence-electron chi connectivity index (χ2n) is 8.15. The predicted octanol–water partition coefficient (Wildman–Crippen LogP) is 4.81. The summed E-state index contributed by atoms with van der Waals surface area (Å²) in [6.45, 7) is 1.94. The number of nitrogens with zero attached hydrogens (tertiary/aromatic N) is 3. The number of benzene rings is 3. The summed E-state index contributed by atoms with van der Waals surface area (Å²) in [6.07, 6.45) is 0.206. The molecule has 0 aliphatic carbocycles. The average molecular weight is 490 g/mol. The van der Waals surface area contributed by atoms with Crippen LogP contribution in [-0.4, -0.2) is 40.4 Å². The number of methoxy groups -OCH3 is 1. The fourth-order valence-electron chi connectivity index (χ4n) is 3.98. The molecule has 1 saturated heterocycles. The quantitative estimate of drug-likeness (QED) is 0.278. The van der Waals surface area contributed by atoms with Crippen LogP contribution in [-0.2, 0) is 16.0 Å². The van der Waals surface area contributed by atoms with Crippen LogP contribution in [0.5, 0.6) is 0 Å². The number of para-hydroxylation sites is 1. The number of nitro benzene ring substituents is 1. The molecule has 1 heterocycles. The predicted molar refractivity (Wildman–Crippen MR) is 136 cm³/mol. The van der Waals surface area contributed by atoms with Crippen molar-refractivity contribution < 1.29 is 19.2 Å². The van der Waals surface area contributed by atoms with E-state index in [4.69, 9.17) is 4.74 Å². The van der Waals surface area contributed by atoms with E-state index in [1.54, 1.807) is 29.2 Å². The first-order valence-electron chi connectivity index (χ1n) is 10.8. The normalized spacial score (nSPS) is 18.5. The zero-order valence-electron chi connectivity index (χ0n) is 19.2. The Morgan fingerprint density at radius 1 is 1.06 bits per heavy atom. The van der Waals surface area contributed by atoms with Gasteiger partial charge in [0.15, 0.2) is 10.7 Å². The molecular formula is C26H23N3O5S. The van der Waals surface area contributed by atoms with Crippen molar-refractivity contribution >= 4 is 40.2 Å². The molecule has 35 heavy (non-hydrogen) atoms. The lowest BCUT2D eigenvalue weighted by molar-refractivity contribution is -0.384. The molecule has 1 amide bonds. The summed E-state index contributed by atoms with van der Waals surface area (Å²) >= 11 is 1.30. The third kappa shape index (κ3) is 4.95.